The number of aromatic nitrogens is 2. The fourth-order valence-electron chi connectivity index (χ4n) is 3.11. The molecule has 8 heteroatoms. The Labute approximate surface area is 169 Å². The van der Waals surface area contributed by atoms with Crippen LogP contribution in [0.4, 0.5) is 0 Å². The van der Waals surface area contributed by atoms with E-state index in [0.29, 0.717) is 34.0 Å². The number of hydrogen-bond donors (Lipinski definition) is 0. The molecule has 0 N–H and O–H groups in total. The number of carbonyl (C=O) groups excluding carboxylic acids is 1. The first kappa shape index (κ1) is 19.4. The minimum atomic E-state index is -3.24. The Bertz CT molecular complexity index is 1160. The molecule has 1 aliphatic rings. The van der Waals surface area contributed by atoms with Crippen LogP contribution in [0.2, 0.25) is 0 Å². The van der Waals surface area contributed by atoms with Crippen molar-refractivity contribution in [3.63, 3.8) is 0 Å². The number of carbonyl (C=O) groups is 1. The van der Waals surface area contributed by atoms with Crippen molar-refractivity contribution in [1.82, 2.24) is 9.78 Å². The van der Waals surface area contributed by atoms with Crippen molar-refractivity contribution in [1.29, 1.82) is 0 Å². The van der Waals surface area contributed by atoms with Crippen LogP contribution in [0.5, 0.6) is 11.5 Å². The Balaban J connectivity index is 1.69. The van der Waals surface area contributed by atoms with E-state index in [9.17, 15) is 13.2 Å². The molecule has 1 saturated carbocycles. The molecular weight excluding hydrogens is 392 g/mol. The third-order valence-electron chi connectivity index (χ3n) is 4.81. The number of ether oxygens (including phenoxy) is 2. The minimum absolute atomic E-state index is 0.255. The molecule has 0 radical (unpaired) electrons. The molecular formula is C21H22N2O5S. The summed E-state index contributed by atoms with van der Waals surface area (Å²) in [6, 6.07) is 9.68. The van der Waals surface area contributed by atoms with Gasteiger partial charge < -0.3 is 9.47 Å². The number of benzene rings is 2. The third-order valence-corrected chi connectivity index (χ3v) is 7.09. The lowest BCUT2D eigenvalue weighted by atomic mass is 10.1. The van der Waals surface area contributed by atoms with Crippen LogP contribution in [0.1, 0.15) is 37.0 Å². The molecule has 4 rings (SSSR count). The number of sulfone groups is 1. The van der Waals surface area contributed by atoms with Crippen molar-refractivity contribution in [2.45, 2.75) is 43.4 Å². The minimum Gasteiger partial charge on any atom is -0.462 e. The first-order valence-electron chi connectivity index (χ1n) is 9.62. The van der Waals surface area contributed by atoms with Crippen LogP contribution in [0.15, 0.2) is 47.5 Å². The monoisotopic (exact) mass is 414 g/mol. The Morgan fingerprint density at radius 1 is 1.17 bits per heavy atom. The van der Waals surface area contributed by atoms with Crippen LogP contribution in [0, 0.1) is 0 Å². The molecule has 1 fully saturated rings. The highest BCUT2D eigenvalue weighted by molar-refractivity contribution is 7.92. The predicted molar refractivity (Wildman–Crippen MR) is 108 cm³/mol. The van der Waals surface area contributed by atoms with E-state index in [1.165, 1.54) is 0 Å². The number of nitrogens with zero attached hydrogens (tertiary/aromatic N) is 2. The second-order valence-corrected chi connectivity index (χ2v) is 9.16. The summed E-state index contributed by atoms with van der Waals surface area (Å²) in [4.78, 5) is 12.5. The van der Waals surface area contributed by atoms with Crippen LogP contribution in [-0.4, -0.2) is 36.0 Å². The van der Waals surface area contributed by atoms with Crippen LogP contribution >= 0.6 is 0 Å². The molecule has 0 saturated heterocycles. The van der Waals surface area contributed by atoms with Crippen LogP contribution in [0.25, 0.3) is 10.9 Å². The van der Waals surface area contributed by atoms with Gasteiger partial charge in [-0.1, -0.05) is 0 Å². The summed E-state index contributed by atoms with van der Waals surface area (Å²) in [5.41, 5.74) is 0.976. The first-order valence-corrected chi connectivity index (χ1v) is 11.2. The molecule has 1 aliphatic carbocycles. The molecule has 3 aromatic rings. The van der Waals surface area contributed by atoms with Crippen LogP contribution < -0.4 is 4.74 Å². The van der Waals surface area contributed by atoms with E-state index in [-0.39, 0.29) is 11.9 Å². The fourth-order valence-corrected chi connectivity index (χ4v) is 4.77. The number of esters is 1. The van der Waals surface area contributed by atoms with Crippen molar-refractivity contribution in [3.05, 3.63) is 48.2 Å². The molecule has 0 aliphatic heterocycles. The molecule has 0 unspecified atom stereocenters. The molecule has 0 amide bonds. The van der Waals surface area contributed by atoms with Crippen LogP contribution in [-0.2, 0) is 21.1 Å². The predicted octanol–water partition coefficient (Wildman–Crippen LogP) is 3.96. The number of aryl methyl sites for hydroxylation is 1. The van der Waals surface area contributed by atoms with E-state index in [2.05, 4.69) is 5.10 Å². The molecule has 29 heavy (non-hydrogen) atoms. The number of hydrogen-bond acceptors (Lipinski definition) is 6. The van der Waals surface area contributed by atoms with Crippen molar-refractivity contribution >= 4 is 26.7 Å². The quantitative estimate of drug-likeness (QED) is 0.544. The summed E-state index contributed by atoms with van der Waals surface area (Å²) in [6.45, 7) is 4.67. The molecule has 0 atom stereocenters. The lowest BCUT2D eigenvalue weighted by Gasteiger charge is -2.10. The molecule has 1 aromatic heterocycles. The van der Waals surface area contributed by atoms with Gasteiger partial charge in [-0.2, -0.15) is 5.10 Å². The van der Waals surface area contributed by atoms with Gasteiger partial charge in [-0.25, -0.2) is 13.2 Å². The zero-order valence-corrected chi connectivity index (χ0v) is 17.1. The SMILES string of the molecule is CCOC(=O)c1cc(Oc2ccc(S(=O)(=O)C3CC3)cc2)c2cn(CC)nc2c1. The lowest BCUT2D eigenvalue weighted by molar-refractivity contribution is 0.0526. The molecule has 2 aromatic carbocycles. The Morgan fingerprint density at radius 2 is 1.90 bits per heavy atom. The second kappa shape index (κ2) is 7.51. The van der Waals surface area contributed by atoms with Crippen LogP contribution in [0.3, 0.4) is 0 Å². The van der Waals surface area contributed by atoms with Gasteiger partial charge in [-0.05, 0) is 63.1 Å². The van der Waals surface area contributed by atoms with Gasteiger partial charge in [-0.3, -0.25) is 4.68 Å². The summed E-state index contributed by atoms with van der Waals surface area (Å²) >= 11 is 0. The lowest BCUT2D eigenvalue weighted by Crippen LogP contribution is -2.06. The smallest absolute Gasteiger partial charge is 0.338 e. The Hall–Kier alpha value is -2.87. The normalized spacial score (nSPS) is 14.1. The average molecular weight is 414 g/mol. The maximum Gasteiger partial charge on any atom is 0.338 e. The van der Waals surface area contributed by atoms with Gasteiger partial charge in [0.05, 0.1) is 33.2 Å². The topological polar surface area (TPSA) is 87.5 Å². The number of fused-ring (bicyclic) bond motifs is 1. The van der Waals surface area contributed by atoms with Gasteiger partial charge in [0.2, 0.25) is 0 Å². The van der Waals surface area contributed by atoms with Gasteiger partial charge in [0.15, 0.2) is 9.84 Å². The van der Waals surface area contributed by atoms with Gasteiger partial charge in [-0.15, -0.1) is 0 Å². The second-order valence-electron chi connectivity index (χ2n) is 6.93. The van der Waals surface area contributed by atoms with Crippen molar-refractivity contribution in [3.8, 4) is 11.5 Å². The van der Waals surface area contributed by atoms with Gasteiger partial charge in [0.1, 0.15) is 11.5 Å². The highest BCUT2D eigenvalue weighted by Gasteiger charge is 2.36. The third kappa shape index (κ3) is 3.85. The molecule has 0 spiro atoms. The van der Waals surface area contributed by atoms with E-state index in [4.69, 9.17) is 9.47 Å². The summed E-state index contributed by atoms with van der Waals surface area (Å²) in [5.74, 6) is 0.491. The summed E-state index contributed by atoms with van der Waals surface area (Å²) in [5, 5.41) is 4.96. The van der Waals surface area contributed by atoms with Gasteiger partial charge in [0.25, 0.3) is 0 Å². The highest BCUT2D eigenvalue weighted by atomic mass is 32.2. The van der Waals surface area contributed by atoms with E-state index < -0.39 is 15.8 Å². The highest BCUT2D eigenvalue weighted by Crippen LogP contribution is 2.35. The van der Waals surface area contributed by atoms with Crippen molar-refractivity contribution in [2.75, 3.05) is 6.61 Å². The molecule has 152 valence electrons. The maximum absolute atomic E-state index is 12.4. The Kier molecular flexibility index (Phi) is 5.04. The number of rotatable bonds is 7. The van der Waals surface area contributed by atoms with Gasteiger partial charge in [0, 0.05) is 12.7 Å². The van der Waals surface area contributed by atoms with Crippen molar-refractivity contribution in [2.24, 2.45) is 0 Å². The molecule has 1 heterocycles. The van der Waals surface area contributed by atoms with Gasteiger partial charge >= 0.3 is 5.97 Å². The summed E-state index contributed by atoms with van der Waals surface area (Å²) < 4.78 is 37.6. The average Bonchev–Trinajstić information content (AvgIpc) is 3.49. The standard InChI is InChI=1S/C21H22N2O5S/c1-3-23-13-18-19(22-23)11-14(21(24)27-4-2)12-20(18)28-15-5-7-16(8-6-15)29(25,26)17-9-10-17/h5-8,11-13,17H,3-4,9-10H2,1-2H3. The largest absolute Gasteiger partial charge is 0.462 e. The van der Waals surface area contributed by atoms with E-state index in [1.54, 1.807) is 48.0 Å². The van der Waals surface area contributed by atoms with Crippen molar-refractivity contribution < 1.29 is 22.7 Å². The summed E-state index contributed by atoms with van der Waals surface area (Å²) in [6.07, 6.45) is 3.30. The van der Waals surface area contributed by atoms with E-state index >= 15 is 0 Å². The fraction of sp³-hybridized carbons (Fsp3) is 0.333. The molecule has 0 bridgehead atoms. The zero-order valence-electron chi connectivity index (χ0n) is 16.3. The first-order chi connectivity index (χ1) is 13.9. The van der Waals surface area contributed by atoms with E-state index in [1.807, 2.05) is 13.1 Å². The zero-order chi connectivity index (χ0) is 20.6. The molecule has 7 nitrogen and oxygen atoms in total. The maximum atomic E-state index is 12.4. The Morgan fingerprint density at radius 3 is 2.52 bits per heavy atom. The van der Waals surface area contributed by atoms with E-state index in [0.717, 1.165) is 18.2 Å². The summed E-state index contributed by atoms with van der Waals surface area (Å²) in [7, 11) is -3.24.